The highest BCUT2D eigenvalue weighted by Gasteiger charge is 2.45. The van der Waals surface area contributed by atoms with E-state index in [-0.39, 0.29) is 5.78 Å². The molecule has 0 aromatic carbocycles. The van der Waals surface area contributed by atoms with E-state index in [0.29, 0.717) is 6.42 Å². The average molecular weight is 158 g/mol. The van der Waals surface area contributed by atoms with Crippen molar-refractivity contribution >= 4 is 5.78 Å². The Morgan fingerprint density at radius 2 is 1.82 bits per heavy atom. The fourth-order valence-corrected chi connectivity index (χ4v) is 1.79. The SMILES string of the molecule is CC1(C)CCCC(C)(F)C1=O. The summed E-state index contributed by atoms with van der Waals surface area (Å²) in [5, 5.41) is 0. The summed E-state index contributed by atoms with van der Waals surface area (Å²) in [6.45, 7) is 5.05. The summed E-state index contributed by atoms with van der Waals surface area (Å²) >= 11 is 0. The molecule has 2 heteroatoms. The van der Waals surface area contributed by atoms with E-state index in [2.05, 4.69) is 0 Å². The fraction of sp³-hybridized carbons (Fsp3) is 0.889. The predicted molar refractivity (Wildman–Crippen MR) is 42.2 cm³/mol. The molecule has 1 aliphatic rings. The van der Waals surface area contributed by atoms with Gasteiger partial charge < -0.3 is 0 Å². The van der Waals surface area contributed by atoms with Gasteiger partial charge in [-0.2, -0.15) is 0 Å². The van der Waals surface area contributed by atoms with Crippen LogP contribution in [0.5, 0.6) is 0 Å². The van der Waals surface area contributed by atoms with Crippen molar-refractivity contribution in [2.75, 3.05) is 0 Å². The normalized spacial score (nSPS) is 37.3. The van der Waals surface area contributed by atoms with Crippen LogP contribution in [-0.4, -0.2) is 11.5 Å². The van der Waals surface area contributed by atoms with Gasteiger partial charge in [0.05, 0.1) is 0 Å². The first-order valence-electron chi connectivity index (χ1n) is 4.10. The van der Waals surface area contributed by atoms with Gasteiger partial charge in [-0.25, -0.2) is 4.39 Å². The van der Waals surface area contributed by atoms with Gasteiger partial charge >= 0.3 is 0 Å². The van der Waals surface area contributed by atoms with Gasteiger partial charge in [-0.3, -0.25) is 4.79 Å². The largest absolute Gasteiger partial charge is 0.295 e. The third-order valence-electron chi connectivity index (χ3n) is 2.54. The molecule has 1 fully saturated rings. The summed E-state index contributed by atoms with van der Waals surface area (Å²) in [7, 11) is 0. The van der Waals surface area contributed by atoms with Crippen molar-refractivity contribution in [3.8, 4) is 0 Å². The smallest absolute Gasteiger partial charge is 0.175 e. The van der Waals surface area contributed by atoms with E-state index >= 15 is 0 Å². The highest BCUT2D eigenvalue weighted by Crippen LogP contribution is 2.39. The molecule has 0 amide bonds. The van der Waals surface area contributed by atoms with Gasteiger partial charge in [-0.1, -0.05) is 13.8 Å². The van der Waals surface area contributed by atoms with Crippen LogP contribution < -0.4 is 0 Å². The van der Waals surface area contributed by atoms with Crippen LogP contribution in [0.1, 0.15) is 40.0 Å². The Hall–Kier alpha value is -0.400. The van der Waals surface area contributed by atoms with Crippen LogP contribution in [0, 0.1) is 5.41 Å². The van der Waals surface area contributed by atoms with Crippen LogP contribution in [0.15, 0.2) is 0 Å². The zero-order chi connectivity index (χ0) is 8.70. The maximum absolute atomic E-state index is 13.4. The van der Waals surface area contributed by atoms with E-state index < -0.39 is 11.1 Å². The quantitative estimate of drug-likeness (QED) is 0.529. The number of carbonyl (C=O) groups excluding carboxylic acids is 1. The zero-order valence-electron chi connectivity index (χ0n) is 7.41. The molecule has 0 aromatic heterocycles. The maximum Gasteiger partial charge on any atom is 0.175 e. The number of ketones is 1. The lowest BCUT2D eigenvalue weighted by molar-refractivity contribution is -0.142. The van der Waals surface area contributed by atoms with Crippen LogP contribution in [-0.2, 0) is 4.79 Å². The Balaban J connectivity index is 2.85. The van der Waals surface area contributed by atoms with Gasteiger partial charge in [0.1, 0.15) is 0 Å². The van der Waals surface area contributed by atoms with Gasteiger partial charge in [0.2, 0.25) is 0 Å². The average Bonchev–Trinajstić information content (AvgIpc) is 1.82. The number of halogens is 1. The van der Waals surface area contributed by atoms with Crippen molar-refractivity contribution in [3.05, 3.63) is 0 Å². The molecular weight excluding hydrogens is 143 g/mol. The third-order valence-corrected chi connectivity index (χ3v) is 2.54. The van der Waals surface area contributed by atoms with E-state index in [1.165, 1.54) is 6.92 Å². The zero-order valence-corrected chi connectivity index (χ0v) is 7.41. The molecule has 0 heterocycles. The van der Waals surface area contributed by atoms with E-state index in [0.717, 1.165) is 12.8 Å². The van der Waals surface area contributed by atoms with Crippen molar-refractivity contribution in [1.29, 1.82) is 0 Å². The van der Waals surface area contributed by atoms with Crippen molar-refractivity contribution in [2.45, 2.75) is 45.7 Å². The van der Waals surface area contributed by atoms with E-state index in [4.69, 9.17) is 0 Å². The van der Waals surface area contributed by atoms with Crippen LogP contribution in [0.2, 0.25) is 0 Å². The summed E-state index contributed by atoms with van der Waals surface area (Å²) < 4.78 is 13.4. The Labute approximate surface area is 67.0 Å². The number of Topliss-reactive ketones (excluding diaryl/α,β-unsaturated/α-hetero) is 1. The molecule has 11 heavy (non-hydrogen) atoms. The second kappa shape index (κ2) is 2.29. The Morgan fingerprint density at radius 3 is 2.18 bits per heavy atom. The number of hydrogen-bond acceptors (Lipinski definition) is 1. The lowest BCUT2D eigenvalue weighted by Crippen LogP contribution is -2.44. The van der Waals surface area contributed by atoms with Crippen molar-refractivity contribution < 1.29 is 9.18 Å². The van der Waals surface area contributed by atoms with Gasteiger partial charge in [-0.05, 0) is 26.2 Å². The molecule has 1 unspecified atom stereocenters. The molecule has 1 rings (SSSR count). The summed E-state index contributed by atoms with van der Waals surface area (Å²) in [5.74, 6) is -0.226. The molecule has 0 spiro atoms. The minimum absolute atomic E-state index is 0.226. The van der Waals surface area contributed by atoms with Crippen molar-refractivity contribution in [1.82, 2.24) is 0 Å². The Morgan fingerprint density at radius 1 is 1.27 bits per heavy atom. The molecule has 1 nitrogen and oxygen atoms in total. The van der Waals surface area contributed by atoms with E-state index in [9.17, 15) is 9.18 Å². The van der Waals surface area contributed by atoms with Gasteiger partial charge in [-0.15, -0.1) is 0 Å². The molecule has 0 saturated heterocycles. The molecule has 0 bridgehead atoms. The second-order valence-electron chi connectivity index (χ2n) is 4.26. The van der Waals surface area contributed by atoms with Crippen LogP contribution >= 0.6 is 0 Å². The monoisotopic (exact) mass is 158 g/mol. The molecule has 0 aliphatic heterocycles. The first kappa shape index (κ1) is 8.69. The van der Waals surface area contributed by atoms with Crippen LogP contribution in [0.4, 0.5) is 4.39 Å². The highest BCUT2D eigenvalue weighted by molar-refractivity contribution is 5.92. The van der Waals surface area contributed by atoms with E-state index in [1.807, 2.05) is 13.8 Å². The molecule has 0 aromatic rings. The maximum atomic E-state index is 13.4. The van der Waals surface area contributed by atoms with Gasteiger partial charge in [0.15, 0.2) is 11.5 Å². The molecule has 1 saturated carbocycles. The Bertz CT molecular complexity index is 164. The summed E-state index contributed by atoms with van der Waals surface area (Å²) in [6.07, 6.45) is 2.05. The highest BCUT2D eigenvalue weighted by atomic mass is 19.1. The molecule has 1 aliphatic carbocycles. The lowest BCUT2D eigenvalue weighted by atomic mass is 9.70. The second-order valence-corrected chi connectivity index (χ2v) is 4.26. The third kappa shape index (κ3) is 1.44. The predicted octanol–water partition coefficient (Wildman–Crippen LogP) is 2.49. The first-order chi connectivity index (χ1) is 4.86. The van der Waals surface area contributed by atoms with Crippen LogP contribution in [0.25, 0.3) is 0 Å². The number of hydrogen-bond donors (Lipinski definition) is 0. The summed E-state index contributed by atoms with van der Waals surface area (Å²) in [5.41, 5.74) is -2.01. The Kier molecular flexibility index (Phi) is 1.81. The van der Waals surface area contributed by atoms with Crippen molar-refractivity contribution in [2.24, 2.45) is 5.41 Å². The molecule has 0 N–H and O–H groups in total. The number of alkyl halides is 1. The lowest BCUT2D eigenvalue weighted by Gasteiger charge is -2.35. The summed E-state index contributed by atoms with van der Waals surface area (Å²) in [6, 6.07) is 0. The minimum Gasteiger partial charge on any atom is -0.295 e. The van der Waals surface area contributed by atoms with Crippen LogP contribution in [0.3, 0.4) is 0 Å². The topological polar surface area (TPSA) is 17.1 Å². The van der Waals surface area contributed by atoms with Gasteiger partial charge in [0, 0.05) is 5.41 Å². The minimum atomic E-state index is -1.57. The molecule has 1 atom stereocenters. The molecule has 64 valence electrons. The standard InChI is InChI=1S/C9H15FO/c1-8(2)5-4-6-9(3,10)7(8)11/h4-6H2,1-3H3. The molecular formula is C9H15FO. The number of carbonyl (C=O) groups is 1. The van der Waals surface area contributed by atoms with Crippen molar-refractivity contribution in [3.63, 3.8) is 0 Å². The first-order valence-corrected chi connectivity index (χ1v) is 4.10. The van der Waals surface area contributed by atoms with E-state index in [1.54, 1.807) is 0 Å². The van der Waals surface area contributed by atoms with Gasteiger partial charge in [0.25, 0.3) is 0 Å². The fourth-order valence-electron chi connectivity index (χ4n) is 1.79. The number of rotatable bonds is 0. The summed E-state index contributed by atoms with van der Waals surface area (Å²) in [4.78, 5) is 11.4. The molecule has 0 radical (unpaired) electrons.